The Morgan fingerprint density at radius 2 is 1.44 bits per heavy atom. The molecule has 18 heavy (non-hydrogen) atoms. The molecular formula is C13H29NO3Si. The van der Waals surface area contributed by atoms with Gasteiger partial charge in [-0.3, -0.25) is 0 Å². The molecule has 0 amide bonds. The van der Waals surface area contributed by atoms with Crippen LogP contribution in [0.1, 0.15) is 40.0 Å². The maximum Gasteiger partial charge on any atom is 0.500 e. The van der Waals surface area contributed by atoms with E-state index in [1.807, 2.05) is 20.8 Å². The summed E-state index contributed by atoms with van der Waals surface area (Å²) in [7, 11) is -2.40. The van der Waals surface area contributed by atoms with Crippen LogP contribution < -0.4 is 5.32 Å². The van der Waals surface area contributed by atoms with Crippen LogP contribution in [0.15, 0.2) is 0 Å². The van der Waals surface area contributed by atoms with E-state index in [-0.39, 0.29) is 0 Å². The van der Waals surface area contributed by atoms with Crippen molar-refractivity contribution in [3.8, 4) is 0 Å². The van der Waals surface area contributed by atoms with E-state index in [4.69, 9.17) is 13.3 Å². The van der Waals surface area contributed by atoms with E-state index in [1.54, 1.807) is 0 Å². The third-order valence-corrected chi connectivity index (χ3v) is 6.50. The Morgan fingerprint density at radius 3 is 1.89 bits per heavy atom. The Hall–Kier alpha value is 0.0569. The summed E-state index contributed by atoms with van der Waals surface area (Å²) in [4.78, 5) is 0. The fourth-order valence-electron chi connectivity index (χ4n) is 2.55. The predicted molar refractivity (Wildman–Crippen MR) is 75.6 cm³/mol. The van der Waals surface area contributed by atoms with Gasteiger partial charge >= 0.3 is 8.80 Å². The van der Waals surface area contributed by atoms with Crippen LogP contribution in [0.4, 0.5) is 0 Å². The van der Waals surface area contributed by atoms with Gasteiger partial charge in [0.15, 0.2) is 0 Å². The minimum atomic E-state index is -2.40. The second kappa shape index (κ2) is 9.04. The van der Waals surface area contributed by atoms with Gasteiger partial charge in [-0.2, -0.15) is 0 Å². The summed E-state index contributed by atoms with van der Waals surface area (Å²) in [6.45, 7) is 10.4. The normalized spacial score (nSPS) is 18.2. The molecule has 1 rings (SSSR count). The van der Waals surface area contributed by atoms with E-state index in [1.165, 1.54) is 19.3 Å². The Labute approximate surface area is 113 Å². The van der Waals surface area contributed by atoms with Gasteiger partial charge in [-0.05, 0) is 59.0 Å². The number of rotatable bonds is 9. The van der Waals surface area contributed by atoms with Crippen molar-refractivity contribution in [3.05, 3.63) is 0 Å². The van der Waals surface area contributed by atoms with Gasteiger partial charge in [-0.1, -0.05) is 0 Å². The van der Waals surface area contributed by atoms with Gasteiger partial charge < -0.3 is 18.6 Å². The molecule has 1 fully saturated rings. The molecule has 0 atom stereocenters. The molecule has 0 unspecified atom stereocenters. The Balaban J connectivity index is 2.46. The molecule has 108 valence electrons. The molecule has 0 aromatic rings. The van der Waals surface area contributed by atoms with E-state index in [0.29, 0.717) is 19.8 Å². The monoisotopic (exact) mass is 275 g/mol. The van der Waals surface area contributed by atoms with Gasteiger partial charge in [0.25, 0.3) is 0 Å². The van der Waals surface area contributed by atoms with E-state index < -0.39 is 8.80 Å². The Kier molecular flexibility index (Phi) is 8.09. The van der Waals surface area contributed by atoms with Gasteiger partial charge in [-0.15, -0.1) is 0 Å². The minimum Gasteiger partial charge on any atom is -0.374 e. The molecule has 0 aromatic carbocycles. The highest BCUT2D eigenvalue weighted by molar-refractivity contribution is 6.60. The van der Waals surface area contributed by atoms with Crippen molar-refractivity contribution in [1.82, 2.24) is 5.32 Å². The third kappa shape index (κ3) is 5.36. The third-order valence-electron chi connectivity index (χ3n) is 3.41. The molecule has 5 heteroatoms. The van der Waals surface area contributed by atoms with Crippen LogP contribution in [-0.2, 0) is 13.3 Å². The zero-order valence-corrected chi connectivity index (χ0v) is 13.2. The smallest absolute Gasteiger partial charge is 0.374 e. The SMILES string of the molecule is CCO[Si](CCC1CCNCC1)(OCC)OCC. The van der Waals surface area contributed by atoms with Crippen molar-refractivity contribution in [2.24, 2.45) is 5.92 Å². The van der Waals surface area contributed by atoms with Crippen LogP contribution in [0.3, 0.4) is 0 Å². The van der Waals surface area contributed by atoms with Crippen molar-refractivity contribution >= 4 is 8.80 Å². The summed E-state index contributed by atoms with van der Waals surface area (Å²) in [5.74, 6) is 0.805. The van der Waals surface area contributed by atoms with Gasteiger partial charge in [0.2, 0.25) is 0 Å². The fraction of sp³-hybridized carbons (Fsp3) is 1.00. The van der Waals surface area contributed by atoms with Crippen LogP contribution in [-0.4, -0.2) is 41.7 Å². The zero-order chi connectivity index (χ0) is 13.3. The Morgan fingerprint density at radius 1 is 0.944 bits per heavy atom. The molecular weight excluding hydrogens is 246 g/mol. The Bertz CT molecular complexity index is 193. The molecule has 0 aromatic heterocycles. The summed E-state index contributed by atoms with van der Waals surface area (Å²) in [5.41, 5.74) is 0. The van der Waals surface area contributed by atoms with E-state index in [9.17, 15) is 0 Å². The first-order chi connectivity index (χ1) is 8.76. The largest absolute Gasteiger partial charge is 0.500 e. The van der Waals surface area contributed by atoms with Crippen molar-refractivity contribution in [2.75, 3.05) is 32.9 Å². The summed E-state index contributed by atoms with van der Waals surface area (Å²) >= 11 is 0. The van der Waals surface area contributed by atoms with Crippen molar-refractivity contribution in [1.29, 1.82) is 0 Å². The molecule has 1 N–H and O–H groups in total. The topological polar surface area (TPSA) is 39.7 Å². The maximum atomic E-state index is 5.88. The summed E-state index contributed by atoms with van der Waals surface area (Å²) in [5, 5.41) is 3.40. The van der Waals surface area contributed by atoms with Crippen LogP contribution in [0.25, 0.3) is 0 Å². The van der Waals surface area contributed by atoms with Crippen LogP contribution in [0.5, 0.6) is 0 Å². The molecule has 4 nitrogen and oxygen atoms in total. The lowest BCUT2D eigenvalue weighted by molar-refractivity contribution is 0.0691. The van der Waals surface area contributed by atoms with Crippen LogP contribution in [0, 0.1) is 5.92 Å². The first kappa shape index (κ1) is 16.1. The molecule has 0 bridgehead atoms. The molecule has 1 heterocycles. The van der Waals surface area contributed by atoms with Gasteiger partial charge in [0, 0.05) is 25.9 Å². The minimum absolute atomic E-state index is 0.679. The molecule has 1 saturated heterocycles. The first-order valence-electron chi connectivity index (χ1n) is 7.39. The predicted octanol–water partition coefficient (Wildman–Crippen LogP) is 2.42. The average Bonchev–Trinajstić information content (AvgIpc) is 2.39. The highest BCUT2D eigenvalue weighted by atomic mass is 28.4. The zero-order valence-electron chi connectivity index (χ0n) is 12.2. The fourth-order valence-corrected chi connectivity index (χ4v) is 5.32. The van der Waals surface area contributed by atoms with E-state index >= 15 is 0 Å². The lowest BCUT2D eigenvalue weighted by Crippen LogP contribution is -2.46. The van der Waals surface area contributed by atoms with Crippen molar-refractivity contribution in [2.45, 2.75) is 46.1 Å². The molecule has 0 aliphatic carbocycles. The lowest BCUT2D eigenvalue weighted by atomic mass is 9.96. The molecule has 0 radical (unpaired) electrons. The maximum absolute atomic E-state index is 5.88. The van der Waals surface area contributed by atoms with E-state index in [2.05, 4.69) is 5.32 Å². The van der Waals surface area contributed by atoms with Crippen molar-refractivity contribution < 1.29 is 13.3 Å². The van der Waals surface area contributed by atoms with Crippen molar-refractivity contribution in [3.63, 3.8) is 0 Å². The van der Waals surface area contributed by atoms with Crippen LogP contribution >= 0.6 is 0 Å². The van der Waals surface area contributed by atoms with Gasteiger partial charge in [0.05, 0.1) is 0 Å². The summed E-state index contributed by atoms with van der Waals surface area (Å²) in [6, 6.07) is 0.965. The second-order valence-electron chi connectivity index (χ2n) is 4.71. The quantitative estimate of drug-likeness (QED) is 0.656. The number of hydrogen-bond donors (Lipinski definition) is 1. The molecule has 1 aliphatic heterocycles. The molecule has 0 spiro atoms. The number of hydrogen-bond acceptors (Lipinski definition) is 4. The second-order valence-corrected chi connectivity index (χ2v) is 7.45. The average molecular weight is 275 g/mol. The molecule has 0 saturated carbocycles. The molecule has 1 aliphatic rings. The van der Waals surface area contributed by atoms with Gasteiger partial charge in [-0.25, -0.2) is 0 Å². The number of nitrogens with one attached hydrogen (secondary N) is 1. The summed E-state index contributed by atoms with van der Waals surface area (Å²) < 4.78 is 17.6. The highest BCUT2D eigenvalue weighted by Crippen LogP contribution is 2.25. The summed E-state index contributed by atoms with van der Waals surface area (Å²) in [6.07, 6.45) is 3.72. The van der Waals surface area contributed by atoms with Gasteiger partial charge in [0.1, 0.15) is 0 Å². The number of piperidine rings is 1. The standard InChI is InChI=1S/C13H29NO3Si/c1-4-15-18(16-5-2,17-6-3)12-9-13-7-10-14-11-8-13/h13-14H,4-12H2,1-3H3. The first-order valence-corrected chi connectivity index (χ1v) is 9.32. The lowest BCUT2D eigenvalue weighted by Gasteiger charge is -2.31. The highest BCUT2D eigenvalue weighted by Gasteiger charge is 2.40. The van der Waals surface area contributed by atoms with Crippen LogP contribution in [0.2, 0.25) is 6.04 Å². The van der Waals surface area contributed by atoms with E-state index in [0.717, 1.165) is 25.1 Å².